The van der Waals surface area contributed by atoms with Crippen LogP contribution in [0.4, 0.5) is 0 Å². The average molecular weight is 143 g/mol. The van der Waals surface area contributed by atoms with Crippen LogP contribution in [0, 0.1) is 0 Å². The van der Waals surface area contributed by atoms with Crippen LogP contribution in [0.25, 0.3) is 0 Å². The summed E-state index contributed by atoms with van der Waals surface area (Å²) in [6.45, 7) is 3.60. The summed E-state index contributed by atoms with van der Waals surface area (Å²) in [6, 6.07) is 0. The quantitative estimate of drug-likeness (QED) is 0.337. The van der Waals surface area contributed by atoms with Crippen LogP contribution in [0.1, 0.15) is 13.8 Å². The molecule has 0 radical (unpaired) electrons. The Balaban J connectivity index is 3.57. The first-order valence-electron chi connectivity index (χ1n) is 2.61. The SMILES string of the molecule is CON=NN=NN=C(C)C. The Morgan fingerprint density at radius 1 is 1.10 bits per heavy atom. The van der Waals surface area contributed by atoms with Crippen molar-refractivity contribution in [1.29, 1.82) is 0 Å². The Labute approximate surface area is 58.6 Å². The lowest BCUT2D eigenvalue weighted by Gasteiger charge is -1.77. The molecule has 0 N–H and O–H groups in total. The van der Waals surface area contributed by atoms with Crippen LogP contribution in [-0.2, 0) is 4.84 Å². The van der Waals surface area contributed by atoms with Gasteiger partial charge in [0.1, 0.15) is 7.11 Å². The molecule has 0 aliphatic rings. The summed E-state index contributed by atoms with van der Waals surface area (Å²) < 4.78 is 0. The second kappa shape index (κ2) is 5.80. The molecule has 0 saturated heterocycles. The maximum absolute atomic E-state index is 4.20. The fourth-order valence-corrected chi connectivity index (χ4v) is 0.180. The molecule has 0 rings (SSSR count). The minimum atomic E-state index is 0.802. The molecule has 0 aromatic heterocycles. The van der Waals surface area contributed by atoms with Gasteiger partial charge < -0.3 is 4.84 Å². The van der Waals surface area contributed by atoms with Crippen LogP contribution in [-0.4, -0.2) is 12.8 Å². The van der Waals surface area contributed by atoms with Gasteiger partial charge >= 0.3 is 0 Å². The molecule has 0 amide bonds. The van der Waals surface area contributed by atoms with E-state index in [1.807, 2.05) is 0 Å². The monoisotopic (exact) mass is 143 g/mol. The zero-order valence-electron chi connectivity index (χ0n) is 6.14. The molecule has 0 spiro atoms. The van der Waals surface area contributed by atoms with Gasteiger partial charge in [-0.25, -0.2) is 0 Å². The molecule has 56 valence electrons. The lowest BCUT2D eigenvalue weighted by atomic mass is 10.5. The van der Waals surface area contributed by atoms with Crippen molar-refractivity contribution in [1.82, 2.24) is 0 Å². The first-order valence-corrected chi connectivity index (χ1v) is 2.61. The zero-order valence-corrected chi connectivity index (χ0v) is 6.14. The first-order chi connectivity index (χ1) is 4.77. The summed E-state index contributed by atoms with van der Waals surface area (Å²) in [5, 5.41) is 16.2. The predicted octanol–water partition coefficient (Wildman–Crippen LogP) is 1.76. The van der Waals surface area contributed by atoms with Gasteiger partial charge in [0.15, 0.2) is 0 Å². The summed E-state index contributed by atoms with van der Waals surface area (Å²) in [5.74, 6) is 0. The fraction of sp³-hybridized carbons (Fsp3) is 0.750. The van der Waals surface area contributed by atoms with E-state index in [1.54, 1.807) is 13.8 Å². The predicted molar refractivity (Wildman–Crippen MR) is 35.5 cm³/mol. The number of nitrogens with zero attached hydrogens (tertiary/aromatic N) is 5. The standard InChI is InChI=1S/C4H9N5O/c1-4(2)5-6-7-8-9-10-3/h1-3H3. The molecule has 0 aromatic carbocycles. The molecule has 0 bridgehead atoms. The van der Waals surface area contributed by atoms with Crippen molar-refractivity contribution in [2.45, 2.75) is 13.8 Å². The molecule has 6 heteroatoms. The van der Waals surface area contributed by atoms with Crippen molar-refractivity contribution in [2.24, 2.45) is 26.0 Å². The molecule has 10 heavy (non-hydrogen) atoms. The maximum atomic E-state index is 4.20. The molecule has 0 fully saturated rings. The third-order valence-corrected chi connectivity index (χ3v) is 0.443. The van der Waals surface area contributed by atoms with Crippen molar-refractivity contribution in [3.8, 4) is 0 Å². The number of hydrogen-bond donors (Lipinski definition) is 0. The van der Waals surface area contributed by atoms with Gasteiger partial charge in [0.05, 0.1) is 0 Å². The molecule has 6 nitrogen and oxygen atoms in total. The minimum Gasteiger partial charge on any atom is -0.381 e. The Morgan fingerprint density at radius 3 is 2.30 bits per heavy atom. The van der Waals surface area contributed by atoms with Gasteiger partial charge in [0, 0.05) is 16.2 Å². The Hall–Kier alpha value is -1.33. The molecular formula is C4H9N5O. The highest BCUT2D eigenvalue weighted by atomic mass is 16.6. The second-order valence-corrected chi connectivity index (χ2v) is 1.58. The van der Waals surface area contributed by atoms with Crippen molar-refractivity contribution >= 4 is 5.71 Å². The van der Waals surface area contributed by atoms with E-state index < -0.39 is 0 Å². The van der Waals surface area contributed by atoms with Gasteiger partial charge in [-0.05, 0) is 24.3 Å². The van der Waals surface area contributed by atoms with Gasteiger partial charge in [-0.15, -0.1) is 5.10 Å². The van der Waals surface area contributed by atoms with Crippen LogP contribution >= 0.6 is 0 Å². The summed E-state index contributed by atoms with van der Waals surface area (Å²) in [6.07, 6.45) is 0. The summed E-state index contributed by atoms with van der Waals surface area (Å²) in [4.78, 5) is 4.20. The van der Waals surface area contributed by atoms with Gasteiger partial charge in [-0.3, -0.25) is 0 Å². The third kappa shape index (κ3) is 6.67. The zero-order chi connectivity index (χ0) is 7.82. The molecule has 0 unspecified atom stereocenters. The van der Waals surface area contributed by atoms with Crippen molar-refractivity contribution in [3.05, 3.63) is 0 Å². The highest BCUT2D eigenvalue weighted by molar-refractivity contribution is 5.78. The number of rotatable bonds is 3. The summed E-state index contributed by atoms with van der Waals surface area (Å²) in [7, 11) is 1.37. The largest absolute Gasteiger partial charge is 0.381 e. The molecule has 0 saturated carbocycles. The molecule has 0 aliphatic carbocycles. The van der Waals surface area contributed by atoms with E-state index in [9.17, 15) is 0 Å². The minimum absolute atomic E-state index is 0.802. The normalized spacial score (nSPS) is 10.7. The summed E-state index contributed by atoms with van der Waals surface area (Å²) in [5.41, 5.74) is 0.802. The second-order valence-electron chi connectivity index (χ2n) is 1.58. The molecule has 0 aliphatic heterocycles. The van der Waals surface area contributed by atoms with E-state index >= 15 is 0 Å². The van der Waals surface area contributed by atoms with Crippen LogP contribution < -0.4 is 0 Å². The van der Waals surface area contributed by atoms with Crippen LogP contribution in [0.15, 0.2) is 26.0 Å². The van der Waals surface area contributed by atoms with E-state index in [0.717, 1.165) is 5.71 Å². The van der Waals surface area contributed by atoms with Gasteiger partial charge in [-0.1, -0.05) is 0 Å². The highest BCUT2D eigenvalue weighted by Crippen LogP contribution is 1.82. The van der Waals surface area contributed by atoms with Crippen molar-refractivity contribution in [2.75, 3.05) is 7.11 Å². The van der Waals surface area contributed by atoms with Gasteiger partial charge in [0.2, 0.25) is 0 Å². The lowest BCUT2D eigenvalue weighted by Crippen LogP contribution is -1.74. The van der Waals surface area contributed by atoms with Crippen LogP contribution in [0.5, 0.6) is 0 Å². The first kappa shape index (κ1) is 8.67. The van der Waals surface area contributed by atoms with Crippen molar-refractivity contribution < 1.29 is 4.84 Å². The lowest BCUT2D eigenvalue weighted by molar-refractivity contribution is 0.185. The van der Waals surface area contributed by atoms with E-state index in [2.05, 4.69) is 30.9 Å². The Bertz CT molecular complexity index is 157. The molecular weight excluding hydrogens is 134 g/mol. The number of hydrogen-bond acceptors (Lipinski definition) is 3. The molecule has 0 aromatic rings. The van der Waals surface area contributed by atoms with E-state index in [1.165, 1.54) is 7.11 Å². The van der Waals surface area contributed by atoms with Gasteiger partial charge in [0.25, 0.3) is 0 Å². The molecule has 0 atom stereocenters. The third-order valence-electron chi connectivity index (χ3n) is 0.443. The van der Waals surface area contributed by atoms with Gasteiger partial charge in [-0.2, -0.15) is 0 Å². The topological polar surface area (TPSA) is 71.0 Å². The van der Waals surface area contributed by atoms with E-state index in [0.29, 0.717) is 0 Å². The highest BCUT2D eigenvalue weighted by Gasteiger charge is 1.71. The average Bonchev–Trinajstić information content (AvgIpc) is 1.87. The van der Waals surface area contributed by atoms with Crippen LogP contribution in [0.2, 0.25) is 0 Å². The maximum Gasteiger partial charge on any atom is 0.108 e. The Kier molecular flexibility index (Phi) is 5.03. The van der Waals surface area contributed by atoms with Crippen LogP contribution in [0.3, 0.4) is 0 Å². The Morgan fingerprint density at radius 2 is 1.80 bits per heavy atom. The van der Waals surface area contributed by atoms with E-state index in [-0.39, 0.29) is 0 Å². The van der Waals surface area contributed by atoms with E-state index in [4.69, 9.17) is 0 Å². The smallest absolute Gasteiger partial charge is 0.108 e. The summed E-state index contributed by atoms with van der Waals surface area (Å²) >= 11 is 0. The van der Waals surface area contributed by atoms with Crippen molar-refractivity contribution in [3.63, 3.8) is 0 Å². The fourth-order valence-electron chi connectivity index (χ4n) is 0.180. The molecule has 0 heterocycles.